The van der Waals surface area contributed by atoms with Crippen LogP contribution >= 0.6 is 15.9 Å². The van der Waals surface area contributed by atoms with E-state index in [1.807, 2.05) is 0 Å². The molecule has 1 aliphatic carbocycles. The van der Waals surface area contributed by atoms with Crippen molar-refractivity contribution in [2.45, 2.75) is 30.2 Å². The zero-order valence-electron chi connectivity index (χ0n) is 4.10. The minimum absolute atomic E-state index is 0.0237. The zero-order valence-corrected chi connectivity index (χ0v) is 5.69. The lowest BCUT2D eigenvalue weighted by molar-refractivity contribution is 0.184. The van der Waals surface area contributed by atoms with E-state index in [1.54, 1.807) is 0 Å². The molecule has 1 fully saturated rings. The Bertz CT molecular complexity index is 57.1. The van der Waals surface area contributed by atoms with Crippen LogP contribution < -0.4 is 0 Å². The largest absolute Gasteiger partial charge is 0.393 e. The first kappa shape index (κ1) is 5.57. The zero-order chi connectivity index (χ0) is 5.28. The summed E-state index contributed by atoms with van der Waals surface area (Å²) in [6.07, 6.45) is 3.04. The monoisotopic (exact) mass is 164 g/mol. The summed E-state index contributed by atoms with van der Waals surface area (Å²) in [5.41, 5.74) is 0. The Hall–Kier alpha value is 0.440. The van der Waals surface area contributed by atoms with Gasteiger partial charge in [0.25, 0.3) is 0 Å². The second-order valence-corrected chi connectivity index (χ2v) is 3.36. The average Bonchev–Trinajstić information content (AvgIpc) is 1.87. The van der Waals surface area contributed by atoms with Gasteiger partial charge in [-0.1, -0.05) is 15.9 Å². The van der Waals surface area contributed by atoms with Crippen LogP contribution in [0, 0.1) is 0 Å². The molecule has 0 aromatic carbocycles. The number of aliphatic hydroxyl groups excluding tert-OH is 1. The van der Waals surface area contributed by atoms with Crippen LogP contribution in [-0.4, -0.2) is 16.0 Å². The summed E-state index contributed by atoms with van der Waals surface area (Å²) in [6.45, 7) is 0. The predicted molar refractivity (Wildman–Crippen MR) is 32.6 cm³/mol. The van der Waals surface area contributed by atoms with E-state index in [0.29, 0.717) is 4.83 Å². The number of rotatable bonds is 0. The maximum atomic E-state index is 8.87. The van der Waals surface area contributed by atoms with Crippen molar-refractivity contribution in [3.8, 4) is 0 Å². The molecule has 1 rings (SSSR count). The summed E-state index contributed by atoms with van der Waals surface area (Å²) in [5.74, 6) is 0. The van der Waals surface area contributed by atoms with Crippen molar-refractivity contribution >= 4 is 15.9 Å². The Labute approximate surface area is 51.9 Å². The highest BCUT2D eigenvalue weighted by molar-refractivity contribution is 9.09. The highest BCUT2D eigenvalue weighted by Crippen LogP contribution is 2.24. The minimum Gasteiger partial charge on any atom is -0.393 e. The number of hydrogen-bond donors (Lipinski definition) is 1. The molecule has 0 aliphatic heterocycles. The highest BCUT2D eigenvalue weighted by Gasteiger charge is 2.19. The summed E-state index contributed by atoms with van der Waals surface area (Å²) < 4.78 is 0. The van der Waals surface area contributed by atoms with Gasteiger partial charge in [0.2, 0.25) is 0 Å². The first-order valence-electron chi connectivity index (χ1n) is 2.61. The van der Waals surface area contributed by atoms with Crippen LogP contribution in [0.4, 0.5) is 0 Å². The average molecular weight is 165 g/mol. The van der Waals surface area contributed by atoms with E-state index in [-0.39, 0.29) is 6.10 Å². The molecule has 0 amide bonds. The number of aliphatic hydroxyl groups is 1. The van der Waals surface area contributed by atoms with E-state index >= 15 is 0 Å². The van der Waals surface area contributed by atoms with Crippen molar-refractivity contribution < 1.29 is 5.11 Å². The molecule has 1 aliphatic rings. The molecule has 0 heterocycles. The molecule has 2 heteroatoms. The van der Waals surface area contributed by atoms with Crippen LogP contribution in [0.25, 0.3) is 0 Å². The Morgan fingerprint density at radius 3 is 2.29 bits per heavy atom. The molecule has 2 unspecified atom stereocenters. The van der Waals surface area contributed by atoms with E-state index in [1.165, 1.54) is 0 Å². The Balaban J connectivity index is 2.26. The fraction of sp³-hybridized carbons (Fsp3) is 1.00. The SMILES string of the molecule is OC1CCC(Br)C1. The summed E-state index contributed by atoms with van der Waals surface area (Å²) in [7, 11) is 0. The smallest absolute Gasteiger partial charge is 0.0551 e. The van der Waals surface area contributed by atoms with Gasteiger partial charge in [0, 0.05) is 4.83 Å². The van der Waals surface area contributed by atoms with Gasteiger partial charge in [-0.2, -0.15) is 0 Å². The van der Waals surface area contributed by atoms with E-state index in [2.05, 4.69) is 15.9 Å². The van der Waals surface area contributed by atoms with Gasteiger partial charge in [0.1, 0.15) is 0 Å². The van der Waals surface area contributed by atoms with E-state index in [4.69, 9.17) is 5.11 Å². The third-order valence-corrected chi connectivity index (χ3v) is 2.17. The van der Waals surface area contributed by atoms with Gasteiger partial charge in [0.05, 0.1) is 6.10 Å². The van der Waals surface area contributed by atoms with Gasteiger partial charge >= 0.3 is 0 Å². The lowest BCUT2D eigenvalue weighted by atomic mass is 10.3. The van der Waals surface area contributed by atoms with E-state index in [9.17, 15) is 0 Å². The van der Waals surface area contributed by atoms with Crippen molar-refractivity contribution in [1.82, 2.24) is 0 Å². The number of alkyl halides is 1. The van der Waals surface area contributed by atoms with Crippen LogP contribution in [-0.2, 0) is 0 Å². The molecule has 0 saturated heterocycles. The van der Waals surface area contributed by atoms with Crippen LogP contribution in [0.2, 0.25) is 0 Å². The standard InChI is InChI=1S/C5H9BrO/c6-4-1-2-5(7)3-4/h4-5,7H,1-3H2. The molecule has 0 radical (unpaired) electrons. The second kappa shape index (κ2) is 2.14. The van der Waals surface area contributed by atoms with Gasteiger partial charge < -0.3 is 5.11 Å². The molecule has 0 spiro atoms. The molecule has 42 valence electrons. The number of hydrogen-bond acceptors (Lipinski definition) is 1. The first-order chi connectivity index (χ1) is 3.29. The van der Waals surface area contributed by atoms with Crippen molar-refractivity contribution in [1.29, 1.82) is 0 Å². The second-order valence-electron chi connectivity index (χ2n) is 2.06. The van der Waals surface area contributed by atoms with Gasteiger partial charge in [-0.05, 0) is 19.3 Å². The summed E-state index contributed by atoms with van der Waals surface area (Å²) >= 11 is 3.42. The summed E-state index contributed by atoms with van der Waals surface area (Å²) in [4.78, 5) is 0.586. The Morgan fingerprint density at radius 1 is 1.43 bits per heavy atom. The molecule has 0 aromatic heterocycles. The fourth-order valence-electron chi connectivity index (χ4n) is 0.904. The molecule has 1 N–H and O–H groups in total. The third-order valence-electron chi connectivity index (χ3n) is 1.34. The topological polar surface area (TPSA) is 20.2 Å². The van der Waals surface area contributed by atoms with Crippen LogP contribution in [0.1, 0.15) is 19.3 Å². The normalized spacial score (nSPS) is 42.0. The van der Waals surface area contributed by atoms with Crippen molar-refractivity contribution in [2.24, 2.45) is 0 Å². The highest BCUT2D eigenvalue weighted by atomic mass is 79.9. The van der Waals surface area contributed by atoms with Crippen LogP contribution in [0.15, 0.2) is 0 Å². The molecular weight excluding hydrogens is 156 g/mol. The van der Waals surface area contributed by atoms with Gasteiger partial charge in [-0.3, -0.25) is 0 Å². The molecule has 1 nitrogen and oxygen atoms in total. The van der Waals surface area contributed by atoms with E-state index < -0.39 is 0 Å². The molecule has 1 saturated carbocycles. The Kier molecular flexibility index (Phi) is 1.70. The lowest BCUT2D eigenvalue weighted by Gasteiger charge is -1.94. The predicted octanol–water partition coefficient (Wildman–Crippen LogP) is 1.29. The third kappa shape index (κ3) is 1.42. The van der Waals surface area contributed by atoms with Crippen LogP contribution in [0.3, 0.4) is 0 Å². The number of halogens is 1. The lowest BCUT2D eigenvalue weighted by Crippen LogP contribution is -1.98. The van der Waals surface area contributed by atoms with Crippen molar-refractivity contribution in [2.75, 3.05) is 0 Å². The van der Waals surface area contributed by atoms with Gasteiger partial charge in [-0.25, -0.2) is 0 Å². The summed E-state index contributed by atoms with van der Waals surface area (Å²) in [5, 5.41) is 8.87. The van der Waals surface area contributed by atoms with Gasteiger partial charge in [0.15, 0.2) is 0 Å². The maximum absolute atomic E-state index is 8.87. The Morgan fingerprint density at radius 2 is 2.14 bits per heavy atom. The first-order valence-corrected chi connectivity index (χ1v) is 3.53. The molecule has 2 atom stereocenters. The van der Waals surface area contributed by atoms with Crippen molar-refractivity contribution in [3.63, 3.8) is 0 Å². The van der Waals surface area contributed by atoms with Crippen molar-refractivity contribution in [3.05, 3.63) is 0 Å². The van der Waals surface area contributed by atoms with E-state index in [0.717, 1.165) is 19.3 Å². The molecule has 0 aromatic rings. The maximum Gasteiger partial charge on any atom is 0.0551 e. The fourth-order valence-corrected chi connectivity index (χ4v) is 1.60. The molecule has 7 heavy (non-hydrogen) atoms. The molecular formula is C5H9BrO. The quantitative estimate of drug-likeness (QED) is 0.536. The summed E-state index contributed by atoms with van der Waals surface area (Å²) in [6, 6.07) is 0. The van der Waals surface area contributed by atoms with Crippen LogP contribution in [0.5, 0.6) is 0 Å². The molecule has 0 bridgehead atoms. The minimum atomic E-state index is -0.0237. The van der Waals surface area contributed by atoms with Gasteiger partial charge in [-0.15, -0.1) is 0 Å².